The molecule has 112 valence electrons. The maximum atomic E-state index is 11.6. The maximum Gasteiger partial charge on any atom is 0.319 e. The van der Waals surface area contributed by atoms with E-state index in [1.54, 1.807) is 12.1 Å². The molecule has 2 amide bonds. The van der Waals surface area contributed by atoms with Crippen molar-refractivity contribution in [1.29, 1.82) is 0 Å². The summed E-state index contributed by atoms with van der Waals surface area (Å²) in [6.45, 7) is 0.350. The van der Waals surface area contributed by atoms with Crippen molar-refractivity contribution in [3.8, 4) is 0 Å². The monoisotopic (exact) mass is 339 g/mol. The van der Waals surface area contributed by atoms with Gasteiger partial charge in [-0.15, -0.1) is 0 Å². The van der Waals surface area contributed by atoms with E-state index in [2.05, 4.69) is 10.6 Å². The molecule has 0 saturated carbocycles. The van der Waals surface area contributed by atoms with Crippen LogP contribution in [0.2, 0.25) is 10.0 Å². The molecule has 2 N–H and O–H groups in total. The van der Waals surface area contributed by atoms with Gasteiger partial charge in [0, 0.05) is 25.2 Å². The first-order valence-corrected chi connectivity index (χ1v) is 8.22. The van der Waals surface area contributed by atoms with Crippen molar-refractivity contribution in [3.05, 3.63) is 28.2 Å². The smallest absolute Gasteiger partial charge is 0.319 e. The lowest BCUT2D eigenvalue weighted by Gasteiger charge is -2.14. The number of nitrogens with one attached hydrogen (secondary N) is 2. The minimum Gasteiger partial charge on any atom is -0.337 e. The van der Waals surface area contributed by atoms with E-state index >= 15 is 0 Å². The van der Waals surface area contributed by atoms with Gasteiger partial charge in [0.2, 0.25) is 10.0 Å². The minimum absolute atomic E-state index is 0.174. The van der Waals surface area contributed by atoms with Crippen LogP contribution in [0.5, 0.6) is 0 Å². The lowest BCUT2D eigenvalue weighted by Crippen LogP contribution is -2.37. The number of hydrogen-bond acceptors (Lipinski definition) is 3. The van der Waals surface area contributed by atoms with Crippen LogP contribution in [-0.2, 0) is 10.0 Å². The second kappa shape index (κ2) is 7.12. The van der Waals surface area contributed by atoms with Gasteiger partial charge in [-0.3, -0.25) is 0 Å². The van der Waals surface area contributed by atoms with E-state index in [1.807, 2.05) is 0 Å². The topological polar surface area (TPSA) is 78.5 Å². The third kappa shape index (κ3) is 5.54. The van der Waals surface area contributed by atoms with Gasteiger partial charge in [-0.05, 0) is 18.2 Å². The Bertz CT molecular complexity index is 593. The molecule has 0 spiro atoms. The van der Waals surface area contributed by atoms with Gasteiger partial charge >= 0.3 is 6.03 Å². The van der Waals surface area contributed by atoms with Crippen LogP contribution in [0.3, 0.4) is 0 Å². The molecule has 0 fully saturated rings. The van der Waals surface area contributed by atoms with Crippen LogP contribution < -0.4 is 10.6 Å². The number of urea groups is 1. The van der Waals surface area contributed by atoms with Crippen molar-refractivity contribution in [2.24, 2.45) is 0 Å². The number of benzene rings is 1. The van der Waals surface area contributed by atoms with Crippen LogP contribution in [0.15, 0.2) is 18.2 Å². The van der Waals surface area contributed by atoms with E-state index in [0.717, 1.165) is 10.6 Å². The highest BCUT2D eigenvalue weighted by Gasteiger charge is 2.11. The van der Waals surface area contributed by atoms with E-state index in [0.29, 0.717) is 15.7 Å². The van der Waals surface area contributed by atoms with Gasteiger partial charge in [-0.1, -0.05) is 23.2 Å². The summed E-state index contributed by atoms with van der Waals surface area (Å²) in [7, 11) is -1.82. The molecule has 0 aromatic heterocycles. The van der Waals surface area contributed by atoms with Crippen LogP contribution in [0.4, 0.5) is 10.5 Å². The highest BCUT2D eigenvalue weighted by Crippen LogP contribution is 2.25. The minimum atomic E-state index is -3.25. The molecule has 20 heavy (non-hydrogen) atoms. The quantitative estimate of drug-likeness (QED) is 0.861. The molecule has 0 aliphatic heterocycles. The SMILES string of the molecule is CN(CCNC(=O)Nc1cc(Cl)ccc1Cl)S(C)(=O)=O. The lowest BCUT2D eigenvalue weighted by molar-refractivity contribution is 0.251. The molecular formula is C11H15Cl2N3O3S. The van der Waals surface area contributed by atoms with Gasteiger partial charge in [0.1, 0.15) is 0 Å². The predicted octanol–water partition coefficient (Wildman–Crippen LogP) is 2.01. The summed E-state index contributed by atoms with van der Waals surface area (Å²) in [5.74, 6) is 0. The third-order valence-electron chi connectivity index (χ3n) is 2.46. The van der Waals surface area contributed by atoms with E-state index in [-0.39, 0.29) is 13.1 Å². The normalized spacial score (nSPS) is 11.4. The fraction of sp³-hybridized carbons (Fsp3) is 0.364. The van der Waals surface area contributed by atoms with Crippen molar-refractivity contribution in [3.63, 3.8) is 0 Å². The molecule has 0 saturated heterocycles. The first-order valence-electron chi connectivity index (χ1n) is 5.61. The van der Waals surface area contributed by atoms with E-state index < -0.39 is 16.1 Å². The number of likely N-dealkylation sites (N-methyl/N-ethyl adjacent to an activating group) is 1. The molecule has 0 bridgehead atoms. The Morgan fingerprint density at radius 1 is 1.35 bits per heavy atom. The molecule has 9 heteroatoms. The van der Waals surface area contributed by atoms with Crippen LogP contribution in [-0.4, -0.2) is 45.1 Å². The molecule has 0 radical (unpaired) electrons. The Balaban J connectivity index is 2.47. The van der Waals surface area contributed by atoms with Crippen LogP contribution in [0, 0.1) is 0 Å². The van der Waals surface area contributed by atoms with E-state index in [1.165, 1.54) is 13.1 Å². The summed E-state index contributed by atoms with van der Waals surface area (Å²) in [5.41, 5.74) is 0.383. The Labute approximate surface area is 128 Å². The maximum absolute atomic E-state index is 11.6. The summed E-state index contributed by atoms with van der Waals surface area (Å²) < 4.78 is 23.4. The van der Waals surface area contributed by atoms with Crippen LogP contribution in [0.1, 0.15) is 0 Å². The molecule has 0 aliphatic rings. The summed E-state index contributed by atoms with van der Waals surface area (Å²) in [5, 5.41) is 5.86. The van der Waals surface area contributed by atoms with Gasteiger partial charge in [0.15, 0.2) is 0 Å². The fourth-order valence-corrected chi connectivity index (χ4v) is 2.01. The summed E-state index contributed by atoms with van der Waals surface area (Å²) in [4.78, 5) is 11.6. The largest absolute Gasteiger partial charge is 0.337 e. The fourth-order valence-electron chi connectivity index (χ4n) is 1.25. The standard InChI is InChI=1S/C11H15Cl2N3O3S/c1-16(20(2,18)19)6-5-14-11(17)15-10-7-8(12)3-4-9(10)13/h3-4,7H,5-6H2,1-2H3,(H2,14,15,17). The number of carbonyl (C=O) groups excluding carboxylic acids is 1. The number of halogens is 2. The van der Waals surface area contributed by atoms with Crippen molar-refractivity contribution >= 4 is 44.9 Å². The Kier molecular flexibility index (Phi) is 6.07. The third-order valence-corrected chi connectivity index (χ3v) is 4.33. The van der Waals surface area contributed by atoms with Crippen molar-refractivity contribution in [2.45, 2.75) is 0 Å². The number of amides is 2. The Morgan fingerprint density at radius 3 is 2.60 bits per heavy atom. The van der Waals surface area contributed by atoms with E-state index in [9.17, 15) is 13.2 Å². The van der Waals surface area contributed by atoms with Gasteiger partial charge in [-0.25, -0.2) is 17.5 Å². The van der Waals surface area contributed by atoms with Crippen molar-refractivity contribution in [1.82, 2.24) is 9.62 Å². The van der Waals surface area contributed by atoms with Gasteiger partial charge in [0.25, 0.3) is 0 Å². The molecular weight excluding hydrogens is 325 g/mol. The van der Waals surface area contributed by atoms with Gasteiger partial charge in [0.05, 0.1) is 17.0 Å². The molecule has 1 aromatic rings. The van der Waals surface area contributed by atoms with Gasteiger partial charge in [-0.2, -0.15) is 0 Å². The zero-order valence-corrected chi connectivity index (χ0v) is 13.3. The van der Waals surface area contributed by atoms with Gasteiger partial charge < -0.3 is 10.6 Å². The molecule has 1 aromatic carbocycles. The Morgan fingerprint density at radius 2 is 2.00 bits per heavy atom. The highest BCUT2D eigenvalue weighted by molar-refractivity contribution is 7.88. The van der Waals surface area contributed by atoms with Crippen LogP contribution >= 0.6 is 23.2 Å². The highest BCUT2D eigenvalue weighted by atomic mass is 35.5. The second-order valence-corrected chi connectivity index (χ2v) is 7.02. The zero-order valence-electron chi connectivity index (χ0n) is 11.0. The molecule has 1 rings (SSSR count). The van der Waals surface area contributed by atoms with Crippen molar-refractivity contribution < 1.29 is 13.2 Å². The summed E-state index contributed by atoms with van der Waals surface area (Å²) >= 11 is 11.7. The number of carbonyl (C=O) groups is 1. The number of rotatable bonds is 5. The zero-order chi connectivity index (χ0) is 15.3. The molecule has 0 atom stereocenters. The number of anilines is 1. The number of sulfonamides is 1. The second-order valence-electron chi connectivity index (χ2n) is 4.09. The molecule has 0 aliphatic carbocycles. The first kappa shape index (κ1) is 17.0. The Hall–Kier alpha value is -1.02. The average Bonchev–Trinajstić information content (AvgIpc) is 2.32. The number of hydrogen-bond donors (Lipinski definition) is 2. The lowest BCUT2D eigenvalue weighted by atomic mass is 10.3. The average molecular weight is 340 g/mol. The van der Waals surface area contributed by atoms with Crippen molar-refractivity contribution in [2.75, 3.05) is 31.7 Å². The van der Waals surface area contributed by atoms with E-state index in [4.69, 9.17) is 23.2 Å². The molecule has 6 nitrogen and oxygen atoms in total. The number of nitrogens with zero attached hydrogens (tertiary/aromatic N) is 1. The molecule has 0 unspecified atom stereocenters. The first-order chi connectivity index (χ1) is 9.20. The van der Waals surface area contributed by atoms with Crippen LogP contribution in [0.25, 0.3) is 0 Å². The molecule has 0 heterocycles. The predicted molar refractivity (Wildman–Crippen MR) is 81.0 cm³/mol. The summed E-state index contributed by atoms with van der Waals surface area (Å²) in [6, 6.07) is 4.20. The summed E-state index contributed by atoms with van der Waals surface area (Å²) in [6.07, 6.45) is 1.10.